The fraction of sp³-hybridized carbons (Fsp3) is 0.400. The Balaban J connectivity index is 2.78. The summed E-state index contributed by atoms with van der Waals surface area (Å²) in [5.41, 5.74) is 4.71. The first-order chi connectivity index (χ1) is 11.0. The maximum Gasteiger partial charge on any atom is 0.136 e. The lowest BCUT2D eigenvalue weighted by molar-refractivity contribution is 0.681. The minimum atomic E-state index is 0.332. The van der Waals surface area contributed by atoms with E-state index in [4.69, 9.17) is 10.4 Å². The zero-order valence-corrected chi connectivity index (χ0v) is 14.7. The predicted octanol–water partition coefficient (Wildman–Crippen LogP) is 4.83. The van der Waals surface area contributed by atoms with Crippen LogP contribution in [0.1, 0.15) is 63.5 Å². The molecule has 0 aliphatic heterocycles. The van der Waals surface area contributed by atoms with Gasteiger partial charge in [0.2, 0.25) is 0 Å². The van der Waals surface area contributed by atoms with Crippen molar-refractivity contribution in [2.75, 3.05) is 0 Å². The summed E-state index contributed by atoms with van der Waals surface area (Å²) in [6.45, 7) is 12.2. The number of nitrogens with zero attached hydrogens (tertiary/aromatic N) is 2. The Morgan fingerprint density at radius 1 is 1.52 bits per heavy atom. The topological polar surface area (TPSA) is 41.7 Å². The summed E-state index contributed by atoms with van der Waals surface area (Å²) < 4.78 is 2.02. The van der Waals surface area contributed by atoms with Gasteiger partial charge in [-0.3, -0.25) is 9.98 Å². The highest BCUT2D eigenvalue weighted by molar-refractivity contribution is 5.65. The molecule has 3 nitrogen and oxygen atoms in total. The molecule has 1 N–H and O–H groups in total. The van der Waals surface area contributed by atoms with E-state index in [1.807, 2.05) is 17.6 Å². The van der Waals surface area contributed by atoms with E-state index in [-0.39, 0.29) is 0 Å². The van der Waals surface area contributed by atoms with Crippen LogP contribution >= 0.6 is 0 Å². The second-order valence-corrected chi connectivity index (χ2v) is 6.06. The van der Waals surface area contributed by atoms with Gasteiger partial charge in [0, 0.05) is 17.7 Å². The molecular weight excluding hydrogens is 282 g/mol. The number of aryl methyl sites for hydroxylation is 1. The number of allylic oxidation sites excluding steroid dienone is 6. The summed E-state index contributed by atoms with van der Waals surface area (Å²) >= 11 is 0. The fourth-order valence-corrected chi connectivity index (χ4v) is 3.18. The van der Waals surface area contributed by atoms with Crippen LogP contribution in [0.15, 0.2) is 36.5 Å². The van der Waals surface area contributed by atoms with E-state index in [0.29, 0.717) is 11.4 Å². The van der Waals surface area contributed by atoms with Crippen molar-refractivity contribution in [3.05, 3.63) is 59.0 Å². The molecule has 1 unspecified atom stereocenters. The normalized spacial score (nSPS) is 18.0. The summed E-state index contributed by atoms with van der Waals surface area (Å²) in [5, 5.41) is 8.83. The molecule has 0 saturated heterocycles. The van der Waals surface area contributed by atoms with E-state index in [0.717, 1.165) is 47.6 Å². The van der Waals surface area contributed by atoms with Crippen LogP contribution in [0.3, 0.4) is 0 Å². The molecule has 0 amide bonds. The first-order valence-electron chi connectivity index (χ1n) is 8.38. The van der Waals surface area contributed by atoms with Crippen LogP contribution in [0.5, 0.6) is 0 Å². The summed E-state index contributed by atoms with van der Waals surface area (Å²) in [7, 11) is 0. The number of nitrogens with one attached hydrogen (secondary N) is 1. The predicted molar refractivity (Wildman–Crippen MR) is 98.0 cm³/mol. The third-order valence-electron chi connectivity index (χ3n) is 4.28. The van der Waals surface area contributed by atoms with Crippen molar-refractivity contribution in [3.63, 3.8) is 0 Å². The second-order valence-electron chi connectivity index (χ2n) is 6.06. The fourth-order valence-electron chi connectivity index (χ4n) is 3.18. The van der Waals surface area contributed by atoms with Gasteiger partial charge in [0.1, 0.15) is 11.3 Å². The Morgan fingerprint density at radius 2 is 2.26 bits per heavy atom. The van der Waals surface area contributed by atoms with E-state index in [1.165, 1.54) is 0 Å². The van der Waals surface area contributed by atoms with Crippen LogP contribution < -0.4 is 5.49 Å². The monoisotopic (exact) mass is 309 g/mol. The van der Waals surface area contributed by atoms with Crippen LogP contribution in [-0.2, 0) is 6.42 Å². The smallest absolute Gasteiger partial charge is 0.136 e. The maximum absolute atomic E-state index is 8.83. The molecule has 23 heavy (non-hydrogen) atoms. The van der Waals surface area contributed by atoms with Crippen molar-refractivity contribution in [1.82, 2.24) is 9.55 Å². The van der Waals surface area contributed by atoms with Crippen LogP contribution in [0.2, 0.25) is 0 Å². The maximum atomic E-state index is 8.83. The van der Waals surface area contributed by atoms with E-state index < -0.39 is 0 Å². The minimum Gasteiger partial charge on any atom is -0.284 e. The van der Waals surface area contributed by atoms with Crippen LogP contribution in [0.4, 0.5) is 0 Å². The molecule has 1 aliphatic rings. The number of hydrogen-bond acceptors (Lipinski definition) is 2. The average molecular weight is 309 g/mol. The Hall–Kier alpha value is -2.16. The summed E-state index contributed by atoms with van der Waals surface area (Å²) in [5.74, 6) is 1.29. The highest BCUT2D eigenvalue weighted by atomic mass is 15.1. The molecule has 2 rings (SSSR count). The van der Waals surface area contributed by atoms with Gasteiger partial charge in [0.25, 0.3) is 0 Å². The highest BCUT2D eigenvalue weighted by Crippen LogP contribution is 2.27. The van der Waals surface area contributed by atoms with Gasteiger partial charge in [0.15, 0.2) is 0 Å². The number of aromatic nitrogens is 2. The molecule has 0 bridgehead atoms. The Morgan fingerprint density at radius 3 is 2.87 bits per heavy atom. The second kappa shape index (κ2) is 7.40. The zero-order chi connectivity index (χ0) is 17.0. The van der Waals surface area contributed by atoms with Crippen LogP contribution in [0, 0.1) is 5.41 Å². The first kappa shape index (κ1) is 17.2. The molecule has 0 aromatic carbocycles. The van der Waals surface area contributed by atoms with Crippen molar-refractivity contribution < 1.29 is 0 Å². The van der Waals surface area contributed by atoms with Crippen molar-refractivity contribution >= 4 is 11.8 Å². The number of rotatable bonds is 5. The molecule has 1 aliphatic carbocycles. The van der Waals surface area contributed by atoms with Crippen molar-refractivity contribution in [3.8, 4) is 0 Å². The number of hydrogen-bond donors (Lipinski definition) is 1. The molecule has 1 aromatic rings. The van der Waals surface area contributed by atoms with Crippen LogP contribution in [0.25, 0.3) is 11.8 Å². The number of fused-ring (bicyclic) bond motifs is 1. The van der Waals surface area contributed by atoms with Crippen molar-refractivity contribution in [2.24, 2.45) is 0 Å². The van der Waals surface area contributed by atoms with Gasteiger partial charge in [-0.1, -0.05) is 44.7 Å². The van der Waals surface area contributed by atoms with E-state index in [1.54, 1.807) is 6.08 Å². The standard InChI is InChI=1S/C20H27N3/c1-6-10-14(4)17(8-3)23-18(11-7-2)22-16-13-9-12-15(5)19(16)20(23)21/h6,8-10,13,15,21H,1,7,11-12H2,2-5H3/b14-10-,17-8+,21-20?. The average Bonchev–Trinajstić information content (AvgIpc) is 2.51. The Bertz CT molecular complexity index is 745. The lowest BCUT2D eigenvalue weighted by atomic mass is 9.92. The lowest BCUT2D eigenvalue weighted by Gasteiger charge is -2.24. The van der Waals surface area contributed by atoms with Gasteiger partial charge in [-0.25, -0.2) is 4.98 Å². The minimum absolute atomic E-state index is 0.332. The molecule has 122 valence electrons. The molecule has 1 aromatic heterocycles. The summed E-state index contributed by atoms with van der Waals surface area (Å²) in [4.78, 5) is 4.89. The molecule has 3 heteroatoms. The molecular formula is C20H27N3. The Kier molecular flexibility index (Phi) is 5.54. The molecule has 0 radical (unpaired) electrons. The molecule has 0 fully saturated rings. The highest BCUT2D eigenvalue weighted by Gasteiger charge is 2.21. The van der Waals surface area contributed by atoms with E-state index >= 15 is 0 Å². The van der Waals surface area contributed by atoms with Gasteiger partial charge in [0.05, 0.1) is 5.69 Å². The SMILES string of the molecule is C=C/C=C(C)\C(=C/C)n1c(CCC)nc2c(c1=N)C(C)CC=C2. The Labute approximate surface area is 139 Å². The zero-order valence-electron chi connectivity index (χ0n) is 14.7. The first-order valence-corrected chi connectivity index (χ1v) is 8.38. The molecule has 1 atom stereocenters. The molecule has 1 heterocycles. The molecule has 0 saturated carbocycles. The lowest BCUT2D eigenvalue weighted by Crippen LogP contribution is -2.31. The van der Waals surface area contributed by atoms with Gasteiger partial charge >= 0.3 is 0 Å². The summed E-state index contributed by atoms with van der Waals surface area (Å²) in [6.07, 6.45) is 12.9. The quantitative estimate of drug-likeness (QED) is 0.778. The van der Waals surface area contributed by atoms with E-state index in [9.17, 15) is 0 Å². The third-order valence-corrected chi connectivity index (χ3v) is 4.28. The summed E-state index contributed by atoms with van der Waals surface area (Å²) in [6, 6.07) is 0. The molecule has 0 spiro atoms. The van der Waals surface area contributed by atoms with Gasteiger partial charge in [-0.2, -0.15) is 0 Å². The largest absolute Gasteiger partial charge is 0.284 e. The van der Waals surface area contributed by atoms with Crippen LogP contribution in [-0.4, -0.2) is 9.55 Å². The van der Waals surface area contributed by atoms with Gasteiger partial charge < -0.3 is 0 Å². The van der Waals surface area contributed by atoms with E-state index in [2.05, 4.69) is 45.6 Å². The van der Waals surface area contributed by atoms with Crippen molar-refractivity contribution in [1.29, 1.82) is 5.41 Å². The van der Waals surface area contributed by atoms with Crippen molar-refractivity contribution in [2.45, 2.75) is 52.9 Å². The van der Waals surface area contributed by atoms with Gasteiger partial charge in [-0.15, -0.1) is 0 Å². The third kappa shape index (κ3) is 3.29. The van der Waals surface area contributed by atoms with Gasteiger partial charge in [-0.05, 0) is 44.3 Å².